The van der Waals surface area contributed by atoms with E-state index in [4.69, 9.17) is 0 Å². The summed E-state index contributed by atoms with van der Waals surface area (Å²) < 4.78 is 41.8. The zero-order valence-electron chi connectivity index (χ0n) is 14.8. The molecular weight excluding hydrogens is 347 g/mol. The van der Waals surface area contributed by atoms with Gasteiger partial charge in [-0.3, -0.25) is 4.90 Å². The summed E-state index contributed by atoms with van der Waals surface area (Å²) in [5, 5.41) is 3.37. The molecule has 9 heteroatoms. The van der Waals surface area contributed by atoms with Crippen molar-refractivity contribution in [2.24, 2.45) is 5.41 Å². The third-order valence-electron chi connectivity index (χ3n) is 5.05. The van der Waals surface area contributed by atoms with Crippen LogP contribution in [0.3, 0.4) is 0 Å². The van der Waals surface area contributed by atoms with E-state index in [1.54, 1.807) is 12.1 Å². The Morgan fingerprint density at radius 1 is 1.08 bits per heavy atom. The van der Waals surface area contributed by atoms with Gasteiger partial charge in [0.25, 0.3) is 0 Å². The number of halogens is 3. The molecule has 4 heterocycles. The number of aromatic nitrogens is 3. The first-order chi connectivity index (χ1) is 12.1. The Morgan fingerprint density at radius 2 is 1.77 bits per heavy atom. The highest BCUT2D eigenvalue weighted by atomic mass is 19.4. The third-order valence-corrected chi connectivity index (χ3v) is 5.05. The molecule has 0 amide bonds. The molecule has 2 aliphatic heterocycles. The minimum atomic E-state index is -4.64. The lowest BCUT2D eigenvalue weighted by Crippen LogP contribution is -2.75. The second-order valence-corrected chi connectivity index (χ2v) is 8.21. The predicted octanol–water partition coefficient (Wildman–Crippen LogP) is 3.07. The molecular formula is C17H20F3N5O. The third kappa shape index (κ3) is 2.94. The second-order valence-electron chi connectivity index (χ2n) is 8.21. The summed E-state index contributed by atoms with van der Waals surface area (Å²) in [5.41, 5.74) is 0.944. The number of hydrogen-bond acceptors (Lipinski definition) is 6. The van der Waals surface area contributed by atoms with Gasteiger partial charge in [-0.15, -0.1) is 0 Å². The topological polar surface area (TPSA) is 58.3 Å². The second kappa shape index (κ2) is 5.42. The number of pyridine rings is 1. The largest absolute Gasteiger partial charge is 0.471 e. The zero-order valence-corrected chi connectivity index (χ0v) is 14.8. The van der Waals surface area contributed by atoms with Gasteiger partial charge >= 0.3 is 12.1 Å². The van der Waals surface area contributed by atoms with Gasteiger partial charge in [-0.25, -0.2) is 4.98 Å². The first kappa shape index (κ1) is 17.3. The van der Waals surface area contributed by atoms with Crippen molar-refractivity contribution in [1.82, 2.24) is 20.0 Å². The van der Waals surface area contributed by atoms with Gasteiger partial charge in [0, 0.05) is 48.9 Å². The van der Waals surface area contributed by atoms with Crippen molar-refractivity contribution in [3.8, 4) is 11.4 Å². The summed E-state index contributed by atoms with van der Waals surface area (Å²) in [4.78, 5) is 12.4. The van der Waals surface area contributed by atoms with Crippen LogP contribution in [0.25, 0.3) is 11.4 Å². The van der Waals surface area contributed by atoms with E-state index in [2.05, 4.69) is 50.2 Å². The van der Waals surface area contributed by atoms with E-state index in [9.17, 15) is 13.2 Å². The SMILES string of the molecule is CC(C)(C)N1CC2(CN(c3ccc(-c4noc(C(F)(F)F)n4)cn3)C2)C1. The zero-order chi connectivity index (χ0) is 18.7. The molecule has 2 aliphatic rings. The van der Waals surface area contributed by atoms with Crippen molar-refractivity contribution in [2.75, 3.05) is 31.1 Å². The van der Waals surface area contributed by atoms with Crippen molar-refractivity contribution in [2.45, 2.75) is 32.5 Å². The lowest BCUT2D eigenvalue weighted by molar-refractivity contribution is -0.159. The first-order valence-corrected chi connectivity index (χ1v) is 8.43. The fourth-order valence-corrected chi connectivity index (χ4v) is 3.52. The van der Waals surface area contributed by atoms with Crippen LogP contribution >= 0.6 is 0 Å². The fraction of sp³-hybridized carbons (Fsp3) is 0.588. The highest BCUT2D eigenvalue weighted by Crippen LogP contribution is 2.44. The van der Waals surface area contributed by atoms with Gasteiger partial charge in [-0.2, -0.15) is 18.2 Å². The van der Waals surface area contributed by atoms with E-state index in [1.165, 1.54) is 6.20 Å². The van der Waals surface area contributed by atoms with E-state index in [0.717, 1.165) is 32.0 Å². The van der Waals surface area contributed by atoms with Crippen LogP contribution in [0.2, 0.25) is 0 Å². The summed E-state index contributed by atoms with van der Waals surface area (Å²) in [6.07, 6.45) is -3.16. The molecule has 0 bridgehead atoms. The number of anilines is 1. The molecule has 2 aromatic rings. The minimum Gasteiger partial charge on any atom is -0.355 e. The van der Waals surface area contributed by atoms with E-state index < -0.39 is 12.1 Å². The maximum atomic E-state index is 12.5. The van der Waals surface area contributed by atoms with Crippen molar-refractivity contribution in [3.63, 3.8) is 0 Å². The Bertz CT molecular complexity index is 795. The first-order valence-electron chi connectivity index (χ1n) is 8.43. The number of nitrogens with zero attached hydrogens (tertiary/aromatic N) is 5. The van der Waals surface area contributed by atoms with Gasteiger partial charge in [0.15, 0.2) is 0 Å². The molecule has 4 rings (SSSR count). The van der Waals surface area contributed by atoms with E-state index in [-0.39, 0.29) is 11.4 Å². The van der Waals surface area contributed by atoms with E-state index >= 15 is 0 Å². The van der Waals surface area contributed by atoms with Gasteiger partial charge in [0.2, 0.25) is 5.82 Å². The smallest absolute Gasteiger partial charge is 0.355 e. The molecule has 0 N–H and O–H groups in total. The van der Waals surface area contributed by atoms with E-state index in [0.29, 0.717) is 11.0 Å². The molecule has 0 aliphatic carbocycles. The fourth-order valence-electron chi connectivity index (χ4n) is 3.52. The monoisotopic (exact) mass is 367 g/mol. The predicted molar refractivity (Wildman–Crippen MR) is 88.5 cm³/mol. The normalized spacial score (nSPS) is 20.2. The molecule has 1 spiro atoms. The summed E-state index contributed by atoms with van der Waals surface area (Å²) >= 11 is 0. The molecule has 140 valence electrons. The summed E-state index contributed by atoms with van der Waals surface area (Å²) in [6.45, 7) is 10.7. The van der Waals surface area contributed by atoms with Crippen molar-refractivity contribution in [3.05, 3.63) is 24.2 Å². The number of rotatable bonds is 2. The van der Waals surface area contributed by atoms with Crippen LogP contribution in [0.4, 0.5) is 19.0 Å². The van der Waals surface area contributed by atoms with Crippen LogP contribution in [0.1, 0.15) is 26.7 Å². The van der Waals surface area contributed by atoms with Gasteiger partial charge in [-0.1, -0.05) is 5.16 Å². The van der Waals surface area contributed by atoms with Crippen molar-refractivity contribution < 1.29 is 17.7 Å². The molecule has 0 aromatic carbocycles. The van der Waals surface area contributed by atoms with Crippen LogP contribution in [0, 0.1) is 5.41 Å². The van der Waals surface area contributed by atoms with Gasteiger partial charge in [0.05, 0.1) is 0 Å². The Labute approximate surface area is 149 Å². The van der Waals surface area contributed by atoms with Crippen LogP contribution < -0.4 is 4.90 Å². The van der Waals surface area contributed by atoms with Gasteiger partial charge in [0.1, 0.15) is 5.82 Å². The Hall–Kier alpha value is -2.16. The van der Waals surface area contributed by atoms with Crippen LogP contribution in [-0.4, -0.2) is 51.7 Å². The Balaban J connectivity index is 1.39. The molecule has 6 nitrogen and oxygen atoms in total. The summed E-state index contributed by atoms with van der Waals surface area (Å²) in [6, 6.07) is 3.45. The molecule has 2 fully saturated rings. The van der Waals surface area contributed by atoms with Crippen LogP contribution in [0.15, 0.2) is 22.9 Å². The highest BCUT2D eigenvalue weighted by molar-refractivity contribution is 5.56. The minimum absolute atomic E-state index is 0.115. The quantitative estimate of drug-likeness (QED) is 0.813. The number of hydrogen-bond donors (Lipinski definition) is 0. The van der Waals surface area contributed by atoms with Crippen molar-refractivity contribution in [1.29, 1.82) is 0 Å². The maximum absolute atomic E-state index is 12.5. The van der Waals surface area contributed by atoms with Crippen LogP contribution in [0.5, 0.6) is 0 Å². The summed E-state index contributed by atoms with van der Waals surface area (Å²) in [7, 11) is 0. The standard InChI is InChI=1S/C17H20F3N5O/c1-15(2,3)25-9-16(10-25)7-24(8-16)12-5-4-11(6-21-12)13-22-14(26-23-13)17(18,19)20/h4-6H,7-10H2,1-3H3. The average Bonchev–Trinajstić information content (AvgIpc) is 2.93. The molecule has 0 saturated carbocycles. The number of alkyl halides is 3. The average molecular weight is 367 g/mol. The lowest BCUT2D eigenvalue weighted by Gasteiger charge is -2.63. The lowest BCUT2D eigenvalue weighted by atomic mass is 9.71. The highest BCUT2D eigenvalue weighted by Gasteiger charge is 2.54. The molecule has 2 saturated heterocycles. The van der Waals surface area contributed by atoms with Crippen molar-refractivity contribution >= 4 is 5.82 Å². The molecule has 0 radical (unpaired) electrons. The maximum Gasteiger partial charge on any atom is 0.471 e. The van der Waals surface area contributed by atoms with Gasteiger partial charge < -0.3 is 9.42 Å². The molecule has 0 unspecified atom stereocenters. The molecule has 26 heavy (non-hydrogen) atoms. The Morgan fingerprint density at radius 3 is 2.27 bits per heavy atom. The summed E-state index contributed by atoms with van der Waals surface area (Å²) in [5.74, 6) is -0.654. The Kier molecular flexibility index (Phi) is 3.60. The van der Waals surface area contributed by atoms with Gasteiger partial charge in [-0.05, 0) is 32.9 Å². The van der Waals surface area contributed by atoms with E-state index in [1.807, 2.05) is 0 Å². The number of likely N-dealkylation sites (tertiary alicyclic amines) is 1. The molecule has 2 aromatic heterocycles. The molecule has 0 atom stereocenters. The van der Waals surface area contributed by atoms with Crippen LogP contribution in [-0.2, 0) is 6.18 Å².